The molecule has 0 radical (unpaired) electrons. The van der Waals surface area contributed by atoms with Gasteiger partial charge in [-0.1, -0.05) is 285 Å². The molecule has 0 unspecified atom stereocenters. The van der Waals surface area contributed by atoms with Crippen LogP contribution in [0, 0.1) is 0 Å². The summed E-state index contributed by atoms with van der Waals surface area (Å²) in [4.78, 5) is 55.4. The summed E-state index contributed by atoms with van der Waals surface area (Å²) in [6.45, 7) is 7.48. The van der Waals surface area contributed by atoms with E-state index >= 15 is 0 Å². The average molecular weight is 1180 g/mol. The number of esters is 2. The van der Waals surface area contributed by atoms with Crippen LogP contribution in [0.4, 0.5) is 0 Å². The van der Waals surface area contributed by atoms with Gasteiger partial charge >= 0.3 is 11.9 Å². The second kappa shape index (κ2) is 52.7. The molecule has 2 aliphatic rings. The zero-order chi connectivity index (χ0) is 60.4. The van der Waals surface area contributed by atoms with Crippen molar-refractivity contribution in [3.63, 3.8) is 0 Å². The average Bonchev–Trinajstić information content (AvgIpc) is 3.03. The molecule has 2 aliphatic heterocycles. The zero-order valence-corrected chi connectivity index (χ0v) is 53.6. The van der Waals surface area contributed by atoms with Crippen LogP contribution in [0.5, 0.6) is 0 Å². The van der Waals surface area contributed by atoms with Gasteiger partial charge in [-0.25, -0.2) is 0 Å². The van der Waals surface area contributed by atoms with E-state index in [-0.39, 0.29) is 37.5 Å². The Balaban J connectivity index is 2.33. The molecule has 0 aliphatic carbocycles. The Hall–Kier alpha value is -2.40. The summed E-state index contributed by atoms with van der Waals surface area (Å²) in [6, 6.07) is -2.66. The first-order valence-corrected chi connectivity index (χ1v) is 35.1. The van der Waals surface area contributed by atoms with E-state index < -0.39 is 86.4 Å². The van der Waals surface area contributed by atoms with Crippen molar-refractivity contribution in [3.8, 4) is 0 Å². The van der Waals surface area contributed by atoms with E-state index in [9.17, 15) is 39.6 Å². The van der Waals surface area contributed by atoms with Crippen LogP contribution in [0.25, 0.3) is 0 Å². The highest BCUT2D eigenvalue weighted by atomic mass is 16.7. The second-order valence-corrected chi connectivity index (χ2v) is 24.8. The third-order valence-electron chi connectivity index (χ3n) is 17.2. The number of aliphatic hydroxyl groups is 4. The maximum absolute atomic E-state index is 14.0. The largest absolute Gasteiger partial charge is 0.457 e. The summed E-state index contributed by atoms with van der Waals surface area (Å²) in [5.74, 6) is -1.94. The molecule has 15 heteroatoms. The van der Waals surface area contributed by atoms with Crippen LogP contribution in [0.2, 0.25) is 0 Å². The molecule has 83 heavy (non-hydrogen) atoms. The maximum atomic E-state index is 14.0. The minimum absolute atomic E-state index is 0.0635. The van der Waals surface area contributed by atoms with Gasteiger partial charge in [-0.15, -0.1) is 0 Å². The molecule has 15 nitrogen and oxygen atoms in total. The summed E-state index contributed by atoms with van der Waals surface area (Å²) in [5, 5.41) is 50.7. The van der Waals surface area contributed by atoms with Crippen molar-refractivity contribution in [1.82, 2.24) is 10.6 Å². The molecule has 6 N–H and O–H groups in total. The summed E-state index contributed by atoms with van der Waals surface area (Å²) in [6.07, 6.45) is 37.4. The molecule has 488 valence electrons. The fourth-order valence-electron chi connectivity index (χ4n) is 11.9. The van der Waals surface area contributed by atoms with Gasteiger partial charge in [-0.3, -0.25) is 19.2 Å². The van der Waals surface area contributed by atoms with Crippen molar-refractivity contribution in [2.24, 2.45) is 0 Å². The molecule has 0 spiro atoms. The number of unbranched alkanes of at least 4 members (excludes halogenated alkanes) is 40. The maximum Gasteiger partial charge on any atom is 0.306 e. The molecule has 0 aromatic heterocycles. The van der Waals surface area contributed by atoms with Crippen molar-refractivity contribution >= 4 is 23.8 Å². The fraction of sp³-hybridized carbons (Fsp3) is 0.941. The van der Waals surface area contributed by atoms with E-state index in [0.29, 0.717) is 25.7 Å². The third-order valence-corrected chi connectivity index (χ3v) is 17.2. The van der Waals surface area contributed by atoms with Crippen LogP contribution in [0.3, 0.4) is 0 Å². The number of rotatable bonds is 56. The number of carbonyl (C=O) groups is 4. The second-order valence-electron chi connectivity index (χ2n) is 24.8. The van der Waals surface area contributed by atoms with Crippen molar-refractivity contribution in [2.45, 2.75) is 397 Å². The highest BCUT2D eigenvalue weighted by Gasteiger charge is 2.54. The minimum Gasteiger partial charge on any atom is -0.457 e. The van der Waals surface area contributed by atoms with Crippen molar-refractivity contribution in [2.75, 3.05) is 13.2 Å². The molecule has 0 bridgehead atoms. The van der Waals surface area contributed by atoms with Crippen LogP contribution >= 0.6 is 0 Å². The van der Waals surface area contributed by atoms with Crippen LogP contribution in [0.15, 0.2) is 0 Å². The summed E-state index contributed by atoms with van der Waals surface area (Å²) in [7, 11) is 0. The number of carbonyl (C=O) groups excluding carboxylic acids is 4. The minimum atomic E-state index is -1.71. The molecular formula is C68H128N2O13. The Labute approximate surface area is 506 Å². The molecule has 2 fully saturated rings. The molecule has 0 aromatic rings. The zero-order valence-electron chi connectivity index (χ0n) is 53.6. The predicted molar refractivity (Wildman–Crippen MR) is 333 cm³/mol. The smallest absolute Gasteiger partial charge is 0.306 e. The summed E-state index contributed by atoms with van der Waals surface area (Å²) < 4.78 is 31.2. The Morgan fingerprint density at radius 3 is 0.964 bits per heavy atom. The number of nitrogens with one attached hydrogen (secondary N) is 2. The van der Waals surface area contributed by atoms with Crippen molar-refractivity contribution in [3.05, 3.63) is 0 Å². The normalized spacial score (nSPS) is 22.6. The topological polar surface area (TPSA) is 219 Å². The standard InChI is InChI=1S/C68H128N2O13/c1-5-9-13-17-21-25-29-33-37-41-45-49-57(73)69-61-66(82-60(76)52-48-44-40-36-32-28-24-20-16-12-8-4)64(56(54-72)79-67(61)78)83-68-62(70-58(74)50-46-42-38-34-30-26-22-18-14-10-6-2)65(63(77)55(53-71)80-68)81-59(75)51-47-43-39-35-31-27-23-19-15-11-7-3/h55-56,61-68,71-72,77-78H,5-54H2,1-4H3,(H,69,73)(H,70,74)/t55-,56-,61-,62-,63-,64-,65-,66-,67-,68+/m1/s1. The van der Waals surface area contributed by atoms with E-state index in [2.05, 4.69) is 38.3 Å². The van der Waals surface area contributed by atoms with Gasteiger partial charge in [0.1, 0.15) is 36.5 Å². The first-order valence-electron chi connectivity index (χ1n) is 35.1. The van der Waals surface area contributed by atoms with E-state index in [1.54, 1.807) is 0 Å². The van der Waals surface area contributed by atoms with Crippen LogP contribution in [0.1, 0.15) is 336 Å². The van der Waals surface area contributed by atoms with Crippen LogP contribution in [-0.2, 0) is 42.9 Å². The quantitative estimate of drug-likeness (QED) is 0.0247. The Morgan fingerprint density at radius 1 is 0.349 bits per heavy atom. The Kier molecular flexibility index (Phi) is 48.7. The molecule has 0 saturated carbocycles. The van der Waals surface area contributed by atoms with E-state index in [0.717, 1.165) is 96.3 Å². The van der Waals surface area contributed by atoms with E-state index in [1.165, 1.54) is 161 Å². The van der Waals surface area contributed by atoms with Gasteiger partial charge in [-0.05, 0) is 25.7 Å². The molecule has 2 amide bonds. The lowest BCUT2D eigenvalue weighted by Crippen LogP contribution is -2.70. The van der Waals surface area contributed by atoms with Gasteiger partial charge in [0, 0.05) is 25.7 Å². The number of hydrogen-bond donors (Lipinski definition) is 6. The Bertz CT molecular complexity index is 1560. The monoisotopic (exact) mass is 1180 g/mol. The van der Waals surface area contributed by atoms with Crippen LogP contribution < -0.4 is 10.6 Å². The predicted octanol–water partition coefficient (Wildman–Crippen LogP) is 14.8. The molecule has 2 rings (SSSR count). The molecule has 2 saturated heterocycles. The molecule has 10 atom stereocenters. The summed E-state index contributed by atoms with van der Waals surface area (Å²) in [5.41, 5.74) is 0. The number of ether oxygens (including phenoxy) is 5. The third kappa shape index (κ3) is 37.1. The van der Waals surface area contributed by atoms with E-state index in [4.69, 9.17) is 23.7 Å². The van der Waals surface area contributed by atoms with Gasteiger partial charge in [0.2, 0.25) is 11.8 Å². The van der Waals surface area contributed by atoms with Crippen LogP contribution in [-0.4, -0.2) is 119 Å². The summed E-state index contributed by atoms with van der Waals surface area (Å²) >= 11 is 0. The van der Waals surface area contributed by atoms with Gasteiger partial charge in [0.05, 0.1) is 13.2 Å². The highest BCUT2D eigenvalue weighted by molar-refractivity contribution is 5.77. The Morgan fingerprint density at radius 2 is 0.639 bits per heavy atom. The SMILES string of the molecule is CCCCCCCCCCCCCC(=O)N[C@@H]1[C@@H](OC(=O)CCCCCCCCCCCCC)[C@H](O[C@@H]2O[C@H](CO)[C@@H](O)[C@H](OC(=O)CCCCCCCCCCCCC)[C@H]2NC(=O)CCCCCCCCCCCCC)[C@@H](CO)O[C@H]1O. The number of aliphatic hydroxyl groups excluding tert-OH is 4. The first kappa shape index (κ1) is 76.7. The number of hydrogen-bond acceptors (Lipinski definition) is 13. The van der Waals surface area contributed by atoms with Gasteiger partial charge < -0.3 is 54.7 Å². The van der Waals surface area contributed by atoms with Gasteiger partial charge in [0.25, 0.3) is 0 Å². The van der Waals surface area contributed by atoms with Crippen molar-refractivity contribution < 1.29 is 63.3 Å². The lowest BCUT2D eigenvalue weighted by molar-refractivity contribution is -0.329. The number of amides is 2. The van der Waals surface area contributed by atoms with E-state index in [1.807, 2.05) is 0 Å². The van der Waals surface area contributed by atoms with Gasteiger partial charge in [-0.2, -0.15) is 0 Å². The van der Waals surface area contributed by atoms with Gasteiger partial charge in [0.15, 0.2) is 24.8 Å². The lowest BCUT2D eigenvalue weighted by Gasteiger charge is -2.48. The fourth-order valence-corrected chi connectivity index (χ4v) is 11.9. The highest BCUT2D eigenvalue weighted by Crippen LogP contribution is 2.33. The molecular weight excluding hydrogens is 1050 g/mol. The van der Waals surface area contributed by atoms with Crippen molar-refractivity contribution in [1.29, 1.82) is 0 Å². The molecule has 0 aromatic carbocycles. The first-order chi connectivity index (χ1) is 40.5. The molecule has 2 heterocycles. The lowest BCUT2D eigenvalue weighted by atomic mass is 9.94.